The van der Waals surface area contributed by atoms with E-state index >= 15 is 0 Å². The molecule has 1 N–H and O–H groups in total. The molecule has 1 atom stereocenters. The van der Waals surface area contributed by atoms with Gasteiger partial charge in [0.1, 0.15) is 6.10 Å². The summed E-state index contributed by atoms with van der Waals surface area (Å²) in [6.45, 7) is 1.35. The Morgan fingerprint density at radius 2 is 2.12 bits per heavy atom. The van der Waals surface area contributed by atoms with Gasteiger partial charge in [-0.1, -0.05) is 0 Å². The van der Waals surface area contributed by atoms with Gasteiger partial charge in [0.25, 0.3) is 0 Å². The summed E-state index contributed by atoms with van der Waals surface area (Å²) in [6, 6.07) is 0. The second-order valence-corrected chi connectivity index (χ2v) is 1.20. The van der Waals surface area contributed by atoms with E-state index in [4.69, 9.17) is 5.11 Å². The molecule has 0 saturated carbocycles. The number of methoxy groups -OCH3 is 1. The molecule has 3 nitrogen and oxygen atoms in total. The van der Waals surface area contributed by atoms with Crippen LogP contribution in [0.5, 0.6) is 0 Å². The number of aliphatic hydroxyl groups is 1. The summed E-state index contributed by atoms with van der Waals surface area (Å²) in [5.41, 5.74) is 0. The fourth-order valence-corrected chi connectivity index (χ4v) is 0.171. The van der Waals surface area contributed by atoms with E-state index in [-0.39, 0.29) is 37.7 Å². The zero-order valence-corrected chi connectivity index (χ0v) is 4.34. The van der Waals surface area contributed by atoms with Gasteiger partial charge in [-0.15, -0.1) is 0 Å². The van der Waals surface area contributed by atoms with E-state index in [9.17, 15) is 4.79 Å². The van der Waals surface area contributed by atoms with Gasteiger partial charge in [0.2, 0.25) is 0 Å². The average molecular weight is 146 g/mol. The number of esters is 1. The van der Waals surface area contributed by atoms with Crippen LogP contribution in [0.4, 0.5) is 0 Å². The van der Waals surface area contributed by atoms with E-state index in [0.717, 1.165) is 0 Å². The minimum atomic E-state index is -0.995. The Morgan fingerprint density at radius 1 is 1.75 bits per heavy atom. The van der Waals surface area contributed by atoms with Crippen LogP contribution < -0.4 is 0 Å². The second kappa shape index (κ2) is 5.82. The molecule has 46 valence electrons. The van der Waals surface area contributed by atoms with Crippen LogP contribution >= 0.6 is 0 Å². The van der Waals surface area contributed by atoms with Gasteiger partial charge in [-0.3, -0.25) is 0 Å². The summed E-state index contributed by atoms with van der Waals surface area (Å²) in [7, 11) is 1.23. The van der Waals surface area contributed by atoms with Crippen molar-refractivity contribution in [2.45, 2.75) is 13.0 Å². The monoisotopic (exact) mass is 146 g/mol. The van der Waals surface area contributed by atoms with Gasteiger partial charge >= 0.3 is 43.7 Å². The fourth-order valence-electron chi connectivity index (χ4n) is 0.171. The standard InChI is InChI=1S/C4H8O3.Ca.2H/c1-3(5)4(6)7-2;;;/h3,5H,1-2H3;;;. The SMILES string of the molecule is COC(=O)C(C)O.[CaH2]. The van der Waals surface area contributed by atoms with E-state index in [1.807, 2.05) is 0 Å². The molecule has 0 bridgehead atoms. The molecule has 0 radical (unpaired) electrons. The third-order valence-electron chi connectivity index (χ3n) is 0.542. The molecule has 0 spiro atoms. The number of aliphatic hydroxyl groups excluding tert-OH is 1. The number of rotatable bonds is 1. The molecular formula is C4H10CaO3. The number of carbonyl (C=O) groups excluding carboxylic acids is 1. The van der Waals surface area contributed by atoms with Crippen LogP contribution in [0, 0.1) is 0 Å². The third kappa shape index (κ3) is 4.84. The number of carbonyl (C=O) groups is 1. The Bertz CT molecular complexity index is 71.7. The zero-order chi connectivity index (χ0) is 5.86. The van der Waals surface area contributed by atoms with E-state index in [1.165, 1.54) is 14.0 Å². The Hall–Kier alpha value is 0.690. The molecule has 8 heavy (non-hydrogen) atoms. The first kappa shape index (κ1) is 11.5. The third-order valence-corrected chi connectivity index (χ3v) is 0.542. The van der Waals surface area contributed by atoms with Gasteiger partial charge in [-0.2, -0.15) is 0 Å². The Morgan fingerprint density at radius 3 is 2.12 bits per heavy atom. The van der Waals surface area contributed by atoms with Crippen LogP contribution in [-0.4, -0.2) is 62.0 Å². The summed E-state index contributed by atoms with van der Waals surface area (Å²) in [4.78, 5) is 10.0. The summed E-state index contributed by atoms with van der Waals surface area (Å²) in [6.07, 6.45) is -0.995. The van der Waals surface area contributed by atoms with Gasteiger partial charge < -0.3 is 9.84 Å². The van der Waals surface area contributed by atoms with Crippen molar-refractivity contribution in [2.75, 3.05) is 7.11 Å². The van der Waals surface area contributed by atoms with Crippen molar-refractivity contribution in [3.8, 4) is 0 Å². The summed E-state index contributed by atoms with van der Waals surface area (Å²) >= 11 is 0. The van der Waals surface area contributed by atoms with Gasteiger partial charge in [-0.05, 0) is 6.92 Å². The fraction of sp³-hybridized carbons (Fsp3) is 0.750. The van der Waals surface area contributed by atoms with Crippen molar-refractivity contribution in [3.05, 3.63) is 0 Å². The molecule has 0 aromatic rings. The van der Waals surface area contributed by atoms with E-state index < -0.39 is 12.1 Å². The van der Waals surface area contributed by atoms with E-state index in [1.54, 1.807) is 0 Å². The van der Waals surface area contributed by atoms with Crippen LogP contribution in [0.2, 0.25) is 0 Å². The average Bonchev–Trinajstić information content (AvgIpc) is 1.65. The van der Waals surface area contributed by atoms with Crippen LogP contribution in [0.25, 0.3) is 0 Å². The number of hydrogen-bond donors (Lipinski definition) is 1. The summed E-state index contributed by atoms with van der Waals surface area (Å²) in [5, 5.41) is 8.35. The van der Waals surface area contributed by atoms with E-state index in [0.29, 0.717) is 0 Å². The molecule has 0 aliphatic rings. The van der Waals surface area contributed by atoms with Crippen LogP contribution in [-0.2, 0) is 9.53 Å². The Kier molecular flexibility index (Phi) is 8.35. The first-order valence-electron chi connectivity index (χ1n) is 1.94. The molecule has 0 saturated heterocycles. The van der Waals surface area contributed by atoms with Crippen LogP contribution in [0.15, 0.2) is 0 Å². The van der Waals surface area contributed by atoms with Gasteiger partial charge in [0, 0.05) is 0 Å². The van der Waals surface area contributed by atoms with Crippen LogP contribution in [0.3, 0.4) is 0 Å². The maximum absolute atomic E-state index is 10.0. The molecule has 0 fully saturated rings. The van der Waals surface area contributed by atoms with Crippen molar-refractivity contribution >= 4 is 43.7 Å². The van der Waals surface area contributed by atoms with E-state index in [2.05, 4.69) is 4.74 Å². The van der Waals surface area contributed by atoms with Crippen molar-refractivity contribution in [3.63, 3.8) is 0 Å². The first-order valence-corrected chi connectivity index (χ1v) is 1.94. The summed E-state index contributed by atoms with van der Waals surface area (Å²) < 4.78 is 4.12. The normalized spacial score (nSPS) is 11.4. The molecule has 0 heterocycles. The predicted octanol–water partition coefficient (Wildman–Crippen LogP) is -1.38. The Labute approximate surface area is 78.0 Å². The predicted molar refractivity (Wildman–Crippen MR) is 32.2 cm³/mol. The number of hydrogen-bond acceptors (Lipinski definition) is 3. The molecule has 1 unspecified atom stereocenters. The topological polar surface area (TPSA) is 46.5 Å². The van der Waals surface area contributed by atoms with Crippen molar-refractivity contribution in [1.29, 1.82) is 0 Å². The number of ether oxygens (including phenoxy) is 1. The molecule has 0 aliphatic heterocycles. The molecule has 0 aromatic heterocycles. The van der Waals surface area contributed by atoms with Crippen LogP contribution in [0.1, 0.15) is 6.92 Å². The van der Waals surface area contributed by atoms with Crippen molar-refractivity contribution in [1.82, 2.24) is 0 Å². The summed E-state index contributed by atoms with van der Waals surface area (Å²) in [5.74, 6) is -0.597. The van der Waals surface area contributed by atoms with Crippen molar-refractivity contribution < 1.29 is 14.6 Å². The molecular weight excluding hydrogens is 136 g/mol. The molecule has 0 aromatic carbocycles. The molecule has 0 rings (SSSR count). The molecule has 0 amide bonds. The maximum atomic E-state index is 10.0. The van der Waals surface area contributed by atoms with Gasteiger partial charge in [0.05, 0.1) is 7.11 Å². The minimum absolute atomic E-state index is 0. The molecule has 4 heteroatoms. The first-order chi connectivity index (χ1) is 3.18. The second-order valence-electron chi connectivity index (χ2n) is 1.20. The molecule has 0 aliphatic carbocycles. The van der Waals surface area contributed by atoms with Gasteiger partial charge in [-0.25, -0.2) is 4.79 Å². The van der Waals surface area contributed by atoms with Crippen molar-refractivity contribution in [2.24, 2.45) is 0 Å². The quantitative estimate of drug-likeness (QED) is 0.366. The Balaban J connectivity index is 0. The van der Waals surface area contributed by atoms with Gasteiger partial charge in [0.15, 0.2) is 0 Å². The zero-order valence-electron chi connectivity index (χ0n) is 4.34.